The number of carboxylic acids is 1. The van der Waals surface area contributed by atoms with Crippen LogP contribution in [0.2, 0.25) is 5.02 Å². The predicted octanol–water partition coefficient (Wildman–Crippen LogP) is 1.69. The summed E-state index contributed by atoms with van der Waals surface area (Å²) in [4.78, 5) is 33.6. The maximum atomic E-state index is 11.6. The molecule has 0 aliphatic carbocycles. The van der Waals surface area contributed by atoms with E-state index in [1.165, 1.54) is 18.2 Å². The smallest absolute Gasteiger partial charge is 0.335 e. The fraction of sp³-hybridized carbons (Fsp3) is 0.308. The molecule has 4 N–H and O–H groups in total. The minimum absolute atomic E-state index is 0.0184. The van der Waals surface area contributed by atoms with Crippen LogP contribution in [0.25, 0.3) is 0 Å². The first-order valence-corrected chi connectivity index (χ1v) is 6.66. The molecule has 7 nitrogen and oxygen atoms in total. The molecule has 21 heavy (non-hydrogen) atoms. The van der Waals surface area contributed by atoms with Gasteiger partial charge in [-0.2, -0.15) is 0 Å². The Balaban J connectivity index is 2.51. The minimum Gasteiger partial charge on any atom is -0.478 e. The maximum Gasteiger partial charge on any atom is 0.335 e. The summed E-state index contributed by atoms with van der Waals surface area (Å²) in [7, 11) is 0. The molecule has 0 heterocycles. The molecule has 0 aliphatic heterocycles. The maximum absolute atomic E-state index is 11.6. The van der Waals surface area contributed by atoms with Crippen LogP contribution in [0.5, 0.6) is 0 Å². The van der Waals surface area contributed by atoms with Crippen molar-refractivity contribution in [2.45, 2.75) is 13.3 Å². The van der Waals surface area contributed by atoms with Crippen molar-refractivity contribution in [1.29, 1.82) is 0 Å². The second-order valence-electron chi connectivity index (χ2n) is 4.16. The lowest BCUT2D eigenvalue weighted by molar-refractivity contribution is -0.120. The normalized spacial score (nSPS) is 9.81. The van der Waals surface area contributed by atoms with Crippen LogP contribution < -0.4 is 16.0 Å². The number of rotatable bonds is 6. The highest BCUT2D eigenvalue weighted by Gasteiger charge is 2.10. The van der Waals surface area contributed by atoms with Crippen molar-refractivity contribution in [3.63, 3.8) is 0 Å². The second kappa shape index (κ2) is 8.11. The van der Waals surface area contributed by atoms with E-state index in [1.807, 2.05) is 6.92 Å². The number of benzene rings is 1. The molecule has 1 aromatic rings. The van der Waals surface area contributed by atoms with Crippen LogP contribution in [-0.2, 0) is 4.79 Å². The molecular weight excluding hydrogens is 298 g/mol. The van der Waals surface area contributed by atoms with Gasteiger partial charge in [-0.25, -0.2) is 9.59 Å². The summed E-state index contributed by atoms with van der Waals surface area (Å²) in [5.74, 6) is -1.40. The van der Waals surface area contributed by atoms with Crippen LogP contribution >= 0.6 is 11.6 Å². The third-order valence-electron chi connectivity index (χ3n) is 2.45. The Hall–Kier alpha value is -2.28. The van der Waals surface area contributed by atoms with Crippen molar-refractivity contribution < 1.29 is 19.5 Å². The van der Waals surface area contributed by atoms with Gasteiger partial charge in [-0.1, -0.05) is 18.5 Å². The summed E-state index contributed by atoms with van der Waals surface area (Å²) in [6.07, 6.45) is 0.809. The van der Waals surface area contributed by atoms with Gasteiger partial charge in [0, 0.05) is 6.54 Å². The molecule has 1 aromatic carbocycles. The summed E-state index contributed by atoms with van der Waals surface area (Å²) in [6.45, 7) is 2.31. The highest BCUT2D eigenvalue weighted by molar-refractivity contribution is 6.34. The molecule has 0 saturated carbocycles. The molecule has 0 saturated heterocycles. The minimum atomic E-state index is -1.11. The molecule has 0 fully saturated rings. The molecule has 3 amide bonds. The summed E-state index contributed by atoms with van der Waals surface area (Å²) in [6, 6.07) is 3.32. The number of hydrogen-bond acceptors (Lipinski definition) is 3. The number of anilines is 1. The van der Waals surface area contributed by atoms with Gasteiger partial charge in [0.05, 0.1) is 22.8 Å². The van der Waals surface area contributed by atoms with Gasteiger partial charge in [0.25, 0.3) is 0 Å². The zero-order valence-corrected chi connectivity index (χ0v) is 12.2. The molecule has 0 aliphatic rings. The van der Waals surface area contributed by atoms with E-state index in [-0.39, 0.29) is 28.7 Å². The summed E-state index contributed by atoms with van der Waals surface area (Å²) < 4.78 is 0. The van der Waals surface area contributed by atoms with E-state index < -0.39 is 12.0 Å². The Morgan fingerprint density at radius 1 is 1.24 bits per heavy atom. The van der Waals surface area contributed by atoms with Crippen LogP contribution in [0.4, 0.5) is 10.5 Å². The number of aromatic carboxylic acids is 1. The lowest BCUT2D eigenvalue weighted by atomic mass is 10.2. The van der Waals surface area contributed by atoms with Crippen molar-refractivity contribution in [2.75, 3.05) is 18.4 Å². The van der Waals surface area contributed by atoms with E-state index in [0.29, 0.717) is 6.54 Å². The monoisotopic (exact) mass is 313 g/mol. The van der Waals surface area contributed by atoms with Gasteiger partial charge in [-0.05, 0) is 24.6 Å². The molecular formula is C13H16ClN3O4. The van der Waals surface area contributed by atoms with Crippen molar-refractivity contribution in [3.05, 3.63) is 28.8 Å². The van der Waals surface area contributed by atoms with Crippen LogP contribution in [-0.4, -0.2) is 36.1 Å². The van der Waals surface area contributed by atoms with Crippen LogP contribution in [0.15, 0.2) is 18.2 Å². The van der Waals surface area contributed by atoms with E-state index in [0.717, 1.165) is 6.42 Å². The first-order chi connectivity index (χ1) is 9.93. The van der Waals surface area contributed by atoms with Gasteiger partial charge in [0.15, 0.2) is 0 Å². The summed E-state index contributed by atoms with van der Waals surface area (Å²) in [5, 5.41) is 16.3. The van der Waals surface area contributed by atoms with E-state index in [2.05, 4.69) is 16.0 Å². The molecule has 8 heteroatoms. The lowest BCUT2D eigenvalue weighted by Crippen LogP contribution is -2.39. The van der Waals surface area contributed by atoms with Gasteiger partial charge in [-0.3, -0.25) is 4.79 Å². The number of carbonyl (C=O) groups excluding carboxylic acids is 2. The summed E-state index contributed by atoms with van der Waals surface area (Å²) >= 11 is 5.86. The zero-order chi connectivity index (χ0) is 15.8. The van der Waals surface area contributed by atoms with Crippen molar-refractivity contribution >= 4 is 35.2 Å². The predicted molar refractivity (Wildman–Crippen MR) is 78.7 cm³/mol. The van der Waals surface area contributed by atoms with E-state index in [1.54, 1.807) is 0 Å². The average molecular weight is 314 g/mol. The third kappa shape index (κ3) is 5.70. The van der Waals surface area contributed by atoms with Gasteiger partial charge in [0.2, 0.25) is 5.91 Å². The Morgan fingerprint density at radius 2 is 1.95 bits per heavy atom. The molecule has 0 radical (unpaired) electrons. The molecule has 0 spiro atoms. The van der Waals surface area contributed by atoms with Crippen molar-refractivity contribution in [1.82, 2.24) is 10.6 Å². The van der Waals surface area contributed by atoms with Gasteiger partial charge in [-0.15, -0.1) is 0 Å². The number of hydrogen-bond donors (Lipinski definition) is 4. The van der Waals surface area contributed by atoms with E-state index in [4.69, 9.17) is 16.7 Å². The SMILES string of the molecule is CCCNC(=O)CNC(=O)Nc1ccc(C(=O)O)cc1Cl. The van der Waals surface area contributed by atoms with Crippen LogP contribution in [0, 0.1) is 0 Å². The van der Waals surface area contributed by atoms with Crippen molar-refractivity contribution in [3.8, 4) is 0 Å². The van der Waals surface area contributed by atoms with Gasteiger partial charge >= 0.3 is 12.0 Å². The first kappa shape index (κ1) is 16.8. The van der Waals surface area contributed by atoms with E-state index >= 15 is 0 Å². The van der Waals surface area contributed by atoms with Gasteiger partial charge < -0.3 is 21.1 Å². The Morgan fingerprint density at radius 3 is 2.52 bits per heavy atom. The number of nitrogens with one attached hydrogen (secondary N) is 3. The largest absolute Gasteiger partial charge is 0.478 e. The molecule has 0 aromatic heterocycles. The first-order valence-electron chi connectivity index (χ1n) is 6.28. The Labute approximate surface area is 126 Å². The highest BCUT2D eigenvalue weighted by Crippen LogP contribution is 2.22. The highest BCUT2D eigenvalue weighted by atomic mass is 35.5. The third-order valence-corrected chi connectivity index (χ3v) is 2.76. The van der Waals surface area contributed by atoms with Gasteiger partial charge in [0.1, 0.15) is 0 Å². The molecule has 1 rings (SSSR count). The molecule has 0 unspecified atom stereocenters. The second-order valence-corrected chi connectivity index (χ2v) is 4.56. The fourth-order valence-corrected chi connectivity index (χ4v) is 1.63. The standard InChI is InChI=1S/C13H16ClN3O4/c1-2-5-15-11(18)7-16-13(21)17-10-4-3-8(12(19)20)6-9(10)14/h3-4,6H,2,5,7H2,1H3,(H,15,18)(H,19,20)(H2,16,17,21). The molecule has 0 bridgehead atoms. The molecule has 0 atom stereocenters. The lowest BCUT2D eigenvalue weighted by Gasteiger charge is -2.09. The quantitative estimate of drug-likeness (QED) is 0.641. The number of carboxylic acid groups (broad SMARTS) is 1. The zero-order valence-electron chi connectivity index (χ0n) is 11.4. The van der Waals surface area contributed by atoms with Crippen LogP contribution in [0.3, 0.4) is 0 Å². The average Bonchev–Trinajstić information content (AvgIpc) is 2.44. The number of amides is 3. The Kier molecular flexibility index (Phi) is 6.48. The topological polar surface area (TPSA) is 108 Å². The van der Waals surface area contributed by atoms with Crippen LogP contribution in [0.1, 0.15) is 23.7 Å². The number of halogens is 1. The van der Waals surface area contributed by atoms with Crippen molar-refractivity contribution in [2.24, 2.45) is 0 Å². The number of carbonyl (C=O) groups is 3. The Bertz CT molecular complexity index is 548. The van der Waals surface area contributed by atoms with E-state index in [9.17, 15) is 14.4 Å². The molecule has 114 valence electrons. The number of urea groups is 1. The fourth-order valence-electron chi connectivity index (χ4n) is 1.40. The summed E-state index contributed by atoms with van der Waals surface area (Å²) in [5.41, 5.74) is 0.276.